The first-order valence-corrected chi connectivity index (χ1v) is 13.1. The van der Waals surface area contributed by atoms with Crippen molar-refractivity contribution in [3.63, 3.8) is 0 Å². The number of hydrogen-bond donors (Lipinski definition) is 0. The van der Waals surface area contributed by atoms with Crippen LogP contribution in [0.5, 0.6) is 5.75 Å². The van der Waals surface area contributed by atoms with Crippen molar-refractivity contribution in [1.82, 2.24) is 9.55 Å². The van der Waals surface area contributed by atoms with E-state index in [1.54, 1.807) is 7.11 Å². The first-order valence-electron chi connectivity index (χ1n) is 13.1. The van der Waals surface area contributed by atoms with Crippen molar-refractivity contribution < 1.29 is 23.8 Å². The van der Waals surface area contributed by atoms with Gasteiger partial charge < -0.3 is 23.6 Å². The lowest BCUT2D eigenvalue weighted by atomic mass is 9.84. The Balaban J connectivity index is 1.39. The Bertz CT molecular complexity index is 1180. The van der Waals surface area contributed by atoms with Gasteiger partial charge in [0.05, 0.1) is 19.3 Å². The van der Waals surface area contributed by atoms with E-state index < -0.39 is 6.10 Å². The van der Waals surface area contributed by atoms with Crippen LogP contribution in [0, 0.1) is 5.92 Å². The van der Waals surface area contributed by atoms with E-state index in [9.17, 15) is 4.79 Å². The smallest absolute Gasteiger partial charge is 0.335 e. The van der Waals surface area contributed by atoms with Crippen molar-refractivity contribution in [3.05, 3.63) is 59.9 Å². The first kappa shape index (κ1) is 26.7. The molecular weight excluding hydrogens is 470 g/mol. The summed E-state index contributed by atoms with van der Waals surface area (Å²) < 4.78 is 18.5. The minimum Gasteiger partial charge on any atom is -0.492 e. The molecule has 0 bridgehead atoms. The SMILES string of the molecule is CCOC(Cc1ccc(OCCn2ccc3ccc(/C(=N/OC)C4CCCCC4)nc32)cc1)C(=O)OC. The first-order chi connectivity index (χ1) is 18.1. The predicted octanol–water partition coefficient (Wildman–Crippen LogP) is 5.17. The maximum atomic E-state index is 11.9. The topological polar surface area (TPSA) is 84.2 Å². The van der Waals surface area contributed by atoms with Gasteiger partial charge in [-0.1, -0.05) is 36.6 Å². The largest absolute Gasteiger partial charge is 0.492 e. The predicted molar refractivity (Wildman–Crippen MR) is 143 cm³/mol. The summed E-state index contributed by atoms with van der Waals surface area (Å²) in [4.78, 5) is 22.1. The Hall–Kier alpha value is -3.39. The number of methoxy groups -OCH3 is 1. The van der Waals surface area contributed by atoms with E-state index in [1.807, 2.05) is 43.5 Å². The van der Waals surface area contributed by atoms with Crippen LogP contribution in [0.4, 0.5) is 0 Å². The van der Waals surface area contributed by atoms with E-state index >= 15 is 0 Å². The minimum absolute atomic E-state index is 0.364. The van der Waals surface area contributed by atoms with Gasteiger partial charge in [-0.15, -0.1) is 0 Å². The number of benzene rings is 1. The van der Waals surface area contributed by atoms with E-state index in [4.69, 9.17) is 24.0 Å². The third-order valence-electron chi connectivity index (χ3n) is 6.83. The Morgan fingerprint density at radius 3 is 2.57 bits per heavy atom. The lowest BCUT2D eigenvalue weighted by Crippen LogP contribution is -2.28. The molecule has 2 aromatic heterocycles. The summed E-state index contributed by atoms with van der Waals surface area (Å²) >= 11 is 0. The number of hydrogen-bond acceptors (Lipinski definition) is 7. The summed E-state index contributed by atoms with van der Waals surface area (Å²) in [7, 11) is 2.98. The summed E-state index contributed by atoms with van der Waals surface area (Å²) in [5.41, 5.74) is 3.73. The number of ether oxygens (including phenoxy) is 3. The fourth-order valence-electron chi connectivity index (χ4n) is 4.93. The molecule has 0 aliphatic heterocycles. The average molecular weight is 508 g/mol. The molecule has 1 fully saturated rings. The highest BCUT2D eigenvalue weighted by atomic mass is 16.6. The average Bonchev–Trinajstić information content (AvgIpc) is 3.34. The van der Waals surface area contributed by atoms with Crippen LogP contribution in [-0.2, 0) is 32.1 Å². The highest BCUT2D eigenvalue weighted by Crippen LogP contribution is 2.28. The molecule has 8 nitrogen and oxygen atoms in total. The van der Waals surface area contributed by atoms with Gasteiger partial charge in [0.15, 0.2) is 6.10 Å². The Kier molecular flexibility index (Phi) is 9.54. The quantitative estimate of drug-likeness (QED) is 0.191. The van der Waals surface area contributed by atoms with Gasteiger partial charge >= 0.3 is 5.97 Å². The molecule has 0 N–H and O–H groups in total. The van der Waals surface area contributed by atoms with Crippen molar-refractivity contribution in [2.45, 2.75) is 58.1 Å². The minimum atomic E-state index is -0.603. The summed E-state index contributed by atoms with van der Waals surface area (Å²) in [6.45, 7) is 3.48. The van der Waals surface area contributed by atoms with Gasteiger partial charge in [0, 0.05) is 30.5 Å². The van der Waals surface area contributed by atoms with Gasteiger partial charge in [0.25, 0.3) is 0 Å². The zero-order chi connectivity index (χ0) is 26.0. The lowest BCUT2D eigenvalue weighted by molar-refractivity contribution is -0.153. The molecule has 8 heteroatoms. The third kappa shape index (κ3) is 6.89. The molecule has 198 valence electrons. The normalized spacial score (nSPS) is 15.5. The van der Waals surface area contributed by atoms with E-state index in [1.165, 1.54) is 26.4 Å². The van der Waals surface area contributed by atoms with Crippen molar-refractivity contribution >= 4 is 22.7 Å². The molecule has 3 aromatic rings. The lowest BCUT2D eigenvalue weighted by Gasteiger charge is -2.22. The zero-order valence-corrected chi connectivity index (χ0v) is 22.0. The molecule has 2 heterocycles. The van der Waals surface area contributed by atoms with Crippen LogP contribution in [-0.4, -0.2) is 54.8 Å². The van der Waals surface area contributed by atoms with E-state index in [-0.39, 0.29) is 5.97 Å². The number of carbonyl (C=O) groups excluding carboxylic acids is 1. The van der Waals surface area contributed by atoms with Crippen LogP contribution in [0.15, 0.2) is 53.8 Å². The monoisotopic (exact) mass is 507 g/mol. The van der Waals surface area contributed by atoms with Crippen molar-refractivity contribution in [3.8, 4) is 5.75 Å². The van der Waals surface area contributed by atoms with Crippen LogP contribution < -0.4 is 4.74 Å². The molecule has 37 heavy (non-hydrogen) atoms. The van der Waals surface area contributed by atoms with Gasteiger partial charge in [-0.25, -0.2) is 9.78 Å². The van der Waals surface area contributed by atoms with Crippen LogP contribution >= 0.6 is 0 Å². The number of rotatable bonds is 12. The fraction of sp³-hybridized carbons (Fsp3) is 0.483. The van der Waals surface area contributed by atoms with E-state index in [2.05, 4.69) is 21.9 Å². The Labute approximate surface area is 218 Å². The van der Waals surface area contributed by atoms with Crippen molar-refractivity contribution in [1.29, 1.82) is 0 Å². The molecule has 0 saturated heterocycles. The van der Waals surface area contributed by atoms with Crippen molar-refractivity contribution in [2.24, 2.45) is 11.1 Å². The molecule has 1 atom stereocenters. The molecule has 1 unspecified atom stereocenters. The van der Waals surface area contributed by atoms with E-state index in [0.29, 0.717) is 32.1 Å². The standard InChI is InChI=1S/C29H37N3O5/c1-4-36-26(29(33)34-2)20-21-10-13-24(14-11-21)37-19-18-32-17-16-23-12-15-25(30-28(23)32)27(31-35-3)22-8-6-5-7-9-22/h10-17,22,26H,4-9,18-20H2,1-3H3/b31-27+. The van der Waals surface area contributed by atoms with Gasteiger partial charge in [0.1, 0.15) is 30.8 Å². The number of oxime groups is 1. The molecule has 1 aliphatic rings. The number of aromatic nitrogens is 2. The molecule has 0 amide bonds. The maximum absolute atomic E-state index is 11.9. The molecular formula is C29H37N3O5. The van der Waals surface area contributed by atoms with Crippen molar-refractivity contribution in [2.75, 3.05) is 27.4 Å². The Morgan fingerprint density at radius 1 is 1.08 bits per heavy atom. The van der Waals surface area contributed by atoms with Crippen LogP contribution in [0.25, 0.3) is 11.0 Å². The molecule has 0 spiro atoms. The number of pyridine rings is 1. The van der Waals surface area contributed by atoms with Crippen LogP contribution in [0.1, 0.15) is 50.3 Å². The van der Waals surface area contributed by atoms with Gasteiger partial charge in [-0.3, -0.25) is 0 Å². The van der Waals surface area contributed by atoms with Crippen LogP contribution in [0.2, 0.25) is 0 Å². The highest BCUT2D eigenvalue weighted by molar-refractivity contribution is 6.01. The van der Waals surface area contributed by atoms with Gasteiger partial charge in [-0.2, -0.15) is 0 Å². The summed E-state index contributed by atoms with van der Waals surface area (Å²) in [5, 5.41) is 5.46. The zero-order valence-electron chi connectivity index (χ0n) is 22.0. The van der Waals surface area contributed by atoms with Gasteiger partial charge in [-0.05, 0) is 55.7 Å². The second-order valence-electron chi connectivity index (χ2n) is 9.28. The second-order valence-corrected chi connectivity index (χ2v) is 9.28. The summed E-state index contributed by atoms with van der Waals surface area (Å²) in [6, 6.07) is 14.0. The number of esters is 1. The highest BCUT2D eigenvalue weighted by Gasteiger charge is 2.23. The fourth-order valence-corrected chi connectivity index (χ4v) is 4.93. The molecule has 1 aliphatic carbocycles. The second kappa shape index (κ2) is 13.2. The maximum Gasteiger partial charge on any atom is 0.335 e. The van der Waals surface area contributed by atoms with Crippen LogP contribution in [0.3, 0.4) is 0 Å². The third-order valence-corrected chi connectivity index (χ3v) is 6.83. The Morgan fingerprint density at radius 2 is 1.86 bits per heavy atom. The molecule has 0 radical (unpaired) electrons. The van der Waals surface area contributed by atoms with Gasteiger partial charge in [0.2, 0.25) is 0 Å². The number of carbonyl (C=O) groups is 1. The molecule has 1 aromatic carbocycles. The molecule has 1 saturated carbocycles. The summed E-state index contributed by atoms with van der Waals surface area (Å²) in [5.74, 6) is 0.800. The number of nitrogens with zero attached hydrogens (tertiary/aromatic N) is 3. The molecule has 4 rings (SSSR count). The number of fused-ring (bicyclic) bond motifs is 1. The summed E-state index contributed by atoms with van der Waals surface area (Å²) in [6.07, 6.45) is 7.90. The van der Waals surface area contributed by atoms with E-state index in [0.717, 1.165) is 46.6 Å².